The maximum atomic E-state index is 12.0. The lowest BCUT2D eigenvalue weighted by molar-refractivity contribution is -0.136. The van der Waals surface area contributed by atoms with Crippen LogP contribution in [0, 0.1) is 11.8 Å². The third kappa shape index (κ3) is 3.49. The molecule has 1 amide bonds. The molecule has 0 aromatic rings. The second-order valence-corrected chi connectivity index (χ2v) is 4.68. The number of hydrogen-bond acceptors (Lipinski definition) is 2. The minimum Gasteiger partial charge on any atom is -0.342 e. The number of hydrogen-bond donors (Lipinski definition) is 1. The maximum Gasteiger partial charge on any atom is 0.225 e. The topological polar surface area (TPSA) is 46.3 Å². The number of carbonyl (C=O) groups is 1. The van der Waals surface area contributed by atoms with Gasteiger partial charge in [0.15, 0.2) is 0 Å². The maximum absolute atomic E-state index is 12.0. The van der Waals surface area contributed by atoms with Gasteiger partial charge in [-0.15, -0.1) is 0 Å². The van der Waals surface area contributed by atoms with Gasteiger partial charge in [-0.05, 0) is 38.1 Å². The van der Waals surface area contributed by atoms with Crippen LogP contribution in [0.5, 0.6) is 0 Å². The third-order valence-electron chi connectivity index (χ3n) is 3.44. The van der Waals surface area contributed by atoms with Crippen LogP contribution < -0.4 is 5.73 Å². The first-order chi connectivity index (χ1) is 7.19. The average molecular weight is 212 g/mol. The molecule has 1 fully saturated rings. The summed E-state index contributed by atoms with van der Waals surface area (Å²) in [6, 6.07) is 0. The number of carbonyl (C=O) groups excluding carboxylic acids is 1. The zero-order chi connectivity index (χ0) is 11.3. The van der Waals surface area contributed by atoms with E-state index in [-0.39, 0.29) is 5.92 Å². The lowest BCUT2D eigenvalue weighted by Gasteiger charge is -2.34. The van der Waals surface area contributed by atoms with E-state index in [0.717, 1.165) is 38.9 Å². The molecule has 2 atom stereocenters. The predicted molar refractivity (Wildman–Crippen MR) is 62.4 cm³/mol. The van der Waals surface area contributed by atoms with Gasteiger partial charge in [-0.3, -0.25) is 4.79 Å². The molecule has 2 unspecified atom stereocenters. The van der Waals surface area contributed by atoms with Crippen LogP contribution in [-0.4, -0.2) is 30.4 Å². The first-order valence-corrected chi connectivity index (χ1v) is 6.17. The molecule has 88 valence electrons. The Balaban J connectivity index is 2.44. The Hall–Kier alpha value is -0.570. The van der Waals surface area contributed by atoms with Gasteiger partial charge >= 0.3 is 0 Å². The van der Waals surface area contributed by atoms with Crippen molar-refractivity contribution in [3.63, 3.8) is 0 Å². The van der Waals surface area contributed by atoms with E-state index in [9.17, 15) is 4.79 Å². The van der Waals surface area contributed by atoms with Crippen LogP contribution in [0.2, 0.25) is 0 Å². The van der Waals surface area contributed by atoms with Gasteiger partial charge in [-0.25, -0.2) is 0 Å². The summed E-state index contributed by atoms with van der Waals surface area (Å²) in [5.74, 6) is 1.15. The zero-order valence-corrected chi connectivity index (χ0v) is 10.0. The molecule has 15 heavy (non-hydrogen) atoms. The van der Waals surface area contributed by atoms with Crippen molar-refractivity contribution < 1.29 is 4.79 Å². The van der Waals surface area contributed by atoms with Gasteiger partial charge in [0.05, 0.1) is 0 Å². The van der Waals surface area contributed by atoms with Crippen molar-refractivity contribution in [2.45, 2.75) is 39.5 Å². The van der Waals surface area contributed by atoms with Crippen LogP contribution in [0.4, 0.5) is 0 Å². The van der Waals surface area contributed by atoms with Gasteiger partial charge < -0.3 is 10.6 Å². The number of likely N-dealkylation sites (tertiary alicyclic amines) is 1. The SMILES string of the molecule is CCC(C)C(=O)N1CCCC(CCN)C1. The minimum atomic E-state index is 0.182. The molecule has 0 saturated carbocycles. The summed E-state index contributed by atoms with van der Waals surface area (Å²) in [4.78, 5) is 14.0. The summed E-state index contributed by atoms with van der Waals surface area (Å²) in [6.45, 7) is 6.72. The predicted octanol–water partition coefficient (Wildman–Crippen LogP) is 1.62. The van der Waals surface area contributed by atoms with E-state index in [4.69, 9.17) is 5.73 Å². The highest BCUT2D eigenvalue weighted by Crippen LogP contribution is 2.21. The molecular weight excluding hydrogens is 188 g/mol. The lowest BCUT2D eigenvalue weighted by Crippen LogP contribution is -2.42. The average Bonchev–Trinajstić information content (AvgIpc) is 2.28. The lowest BCUT2D eigenvalue weighted by atomic mass is 9.93. The Kier molecular flexibility index (Phi) is 5.09. The molecule has 1 heterocycles. The van der Waals surface area contributed by atoms with Gasteiger partial charge in [0.25, 0.3) is 0 Å². The summed E-state index contributed by atoms with van der Waals surface area (Å²) in [6.07, 6.45) is 4.38. The van der Waals surface area contributed by atoms with E-state index in [1.807, 2.05) is 11.8 Å². The van der Waals surface area contributed by atoms with Crippen LogP contribution in [-0.2, 0) is 4.79 Å². The first kappa shape index (κ1) is 12.5. The van der Waals surface area contributed by atoms with Crippen LogP contribution in [0.3, 0.4) is 0 Å². The van der Waals surface area contributed by atoms with Crippen LogP contribution >= 0.6 is 0 Å². The van der Waals surface area contributed by atoms with E-state index >= 15 is 0 Å². The smallest absolute Gasteiger partial charge is 0.225 e. The van der Waals surface area contributed by atoms with E-state index in [0.29, 0.717) is 11.8 Å². The summed E-state index contributed by atoms with van der Waals surface area (Å²) < 4.78 is 0. The summed E-state index contributed by atoms with van der Waals surface area (Å²) in [5, 5.41) is 0. The Morgan fingerprint density at radius 3 is 2.93 bits per heavy atom. The quantitative estimate of drug-likeness (QED) is 0.769. The van der Waals surface area contributed by atoms with Crippen molar-refractivity contribution in [1.82, 2.24) is 4.90 Å². The molecule has 2 N–H and O–H groups in total. The number of amides is 1. The van der Waals surface area contributed by atoms with Crippen molar-refractivity contribution in [2.75, 3.05) is 19.6 Å². The molecule has 0 aliphatic carbocycles. The van der Waals surface area contributed by atoms with Gasteiger partial charge in [-0.2, -0.15) is 0 Å². The highest BCUT2D eigenvalue weighted by molar-refractivity contribution is 5.78. The molecule has 0 spiro atoms. The third-order valence-corrected chi connectivity index (χ3v) is 3.44. The molecule has 1 saturated heterocycles. The molecule has 1 aliphatic rings. The highest BCUT2D eigenvalue weighted by Gasteiger charge is 2.25. The van der Waals surface area contributed by atoms with Crippen molar-refractivity contribution in [3.05, 3.63) is 0 Å². The fourth-order valence-electron chi connectivity index (χ4n) is 2.22. The standard InChI is InChI=1S/C12H24N2O/c1-3-10(2)12(15)14-8-4-5-11(9-14)6-7-13/h10-11H,3-9,13H2,1-2H3. The van der Waals surface area contributed by atoms with E-state index in [2.05, 4.69) is 6.92 Å². The van der Waals surface area contributed by atoms with Gasteiger partial charge in [0.2, 0.25) is 5.91 Å². The van der Waals surface area contributed by atoms with Crippen LogP contribution in [0.1, 0.15) is 39.5 Å². The summed E-state index contributed by atoms with van der Waals surface area (Å²) in [5.41, 5.74) is 5.56. The van der Waals surface area contributed by atoms with E-state index in [1.165, 1.54) is 6.42 Å². The normalized spacial score (nSPS) is 23.9. The molecule has 3 nitrogen and oxygen atoms in total. The second kappa shape index (κ2) is 6.11. The Bertz CT molecular complexity index is 204. The summed E-state index contributed by atoms with van der Waals surface area (Å²) >= 11 is 0. The molecule has 0 aromatic carbocycles. The van der Waals surface area contributed by atoms with E-state index < -0.39 is 0 Å². The Morgan fingerprint density at radius 1 is 1.60 bits per heavy atom. The van der Waals surface area contributed by atoms with Gasteiger partial charge in [0, 0.05) is 19.0 Å². The fraction of sp³-hybridized carbons (Fsp3) is 0.917. The Morgan fingerprint density at radius 2 is 2.33 bits per heavy atom. The number of piperidine rings is 1. The molecule has 1 aliphatic heterocycles. The first-order valence-electron chi connectivity index (χ1n) is 6.17. The number of nitrogens with two attached hydrogens (primary N) is 1. The zero-order valence-electron chi connectivity index (χ0n) is 10.0. The molecule has 1 rings (SSSR count). The summed E-state index contributed by atoms with van der Waals surface area (Å²) in [7, 11) is 0. The fourth-order valence-corrected chi connectivity index (χ4v) is 2.22. The van der Waals surface area contributed by atoms with Crippen molar-refractivity contribution in [3.8, 4) is 0 Å². The largest absolute Gasteiger partial charge is 0.342 e. The Labute approximate surface area is 93.0 Å². The van der Waals surface area contributed by atoms with Crippen molar-refractivity contribution in [2.24, 2.45) is 17.6 Å². The van der Waals surface area contributed by atoms with Crippen molar-refractivity contribution in [1.29, 1.82) is 0 Å². The molecule has 0 bridgehead atoms. The number of rotatable bonds is 4. The van der Waals surface area contributed by atoms with Crippen LogP contribution in [0.25, 0.3) is 0 Å². The van der Waals surface area contributed by atoms with Gasteiger partial charge in [0.1, 0.15) is 0 Å². The molecular formula is C12H24N2O. The van der Waals surface area contributed by atoms with Crippen molar-refractivity contribution >= 4 is 5.91 Å². The minimum absolute atomic E-state index is 0.182. The molecule has 0 aromatic heterocycles. The van der Waals surface area contributed by atoms with E-state index in [1.54, 1.807) is 0 Å². The molecule has 0 radical (unpaired) electrons. The van der Waals surface area contributed by atoms with Gasteiger partial charge in [-0.1, -0.05) is 13.8 Å². The highest BCUT2D eigenvalue weighted by atomic mass is 16.2. The monoisotopic (exact) mass is 212 g/mol. The second-order valence-electron chi connectivity index (χ2n) is 4.68. The molecule has 3 heteroatoms. The van der Waals surface area contributed by atoms with Crippen LogP contribution in [0.15, 0.2) is 0 Å². The number of nitrogens with zero attached hydrogens (tertiary/aromatic N) is 1.